The molecular formula is C33H57F3N2O2. The summed E-state index contributed by atoms with van der Waals surface area (Å²) in [7, 11) is 8.01. The summed E-state index contributed by atoms with van der Waals surface area (Å²) in [6, 6.07) is 10.2. The lowest BCUT2D eigenvalue weighted by molar-refractivity contribution is -0.137. The molecule has 0 saturated heterocycles. The lowest BCUT2D eigenvalue weighted by Crippen LogP contribution is -2.21. The number of hydrogen-bond acceptors (Lipinski definition) is 4. The molecular weight excluding hydrogens is 513 g/mol. The predicted octanol–water partition coefficient (Wildman–Crippen LogP) is 8.84. The molecule has 40 heavy (non-hydrogen) atoms. The van der Waals surface area contributed by atoms with Crippen LogP contribution < -0.4 is 9.47 Å². The summed E-state index contributed by atoms with van der Waals surface area (Å²) in [5, 5.41) is 0. The van der Waals surface area contributed by atoms with Gasteiger partial charge in [-0.3, -0.25) is 0 Å². The molecule has 232 valence electrons. The normalized spacial score (nSPS) is 11.8. The molecule has 0 atom stereocenters. The topological polar surface area (TPSA) is 24.9 Å². The summed E-state index contributed by atoms with van der Waals surface area (Å²) in [6.07, 6.45) is -3.27. The van der Waals surface area contributed by atoms with Crippen molar-refractivity contribution >= 4 is 0 Å². The van der Waals surface area contributed by atoms with Crippen molar-refractivity contribution in [1.29, 1.82) is 0 Å². The van der Waals surface area contributed by atoms with Gasteiger partial charge in [-0.1, -0.05) is 68.5 Å². The second kappa shape index (κ2) is 16.9. The van der Waals surface area contributed by atoms with E-state index in [4.69, 9.17) is 9.47 Å². The molecule has 0 saturated carbocycles. The smallest absolute Gasteiger partial charge is 0.416 e. The zero-order valence-corrected chi connectivity index (χ0v) is 25.3. The van der Waals surface area contributed by atoms with Crippen LogP contribution in [0.2, 0.25) is 0 Å². The van der Waals surface area contributed by atoms with Crippen LogP contribution in [0.4, 0.5) is 13.2 Å². The van der Waals surface area contributed by atoms with Crippen LogP contribution >= 0.6 is 0 Å². The summed E-state index contributed by atoms with van der Waals surface area (Å²) >= 11 is 0. The van der Waals surface area contributed by atoms with E-state index in [2.05, 4.69) is 64.9 Å². The largest absolute Gasteiger partial charge is 0.493 e. The van der Waals surface area contributed by atoms with Crippen molar-refractivity contribution < 1.29 is 22.6 Å². The van der Waals surface area contributed by atoms with E-state index in [-0.39, 0.29) is 20.3 Å². The van der Waals surface area contributed by atoms with E-state index in [1.165, 1.54) is 23.3 Å². The summed E-state index contributed by atoms with van der Waals surface area (Å²) in [4.78, 5) is 4.14. The van der Waals surface area contributed by atoms with E-state index in [9.17, 15) is 13.2 Å². The van der Waals surface area contributed by atoms with E-state index in [1.54, 1.807) is 0 Å². The fourth-order valence-electron chi connectivity index (χ4n) is 3.60. The molecule has 0 spiro atoms. The molecule has 0 aliphatic rings. The van der Waals surface area contributed by atoms with Gasteiger partial charge in [0.1, 0.15) is 18.1 Å². The quantitative estimate of drug-likeness (QED) is 0.281. The highest BCUT2D eigenvalue weighted by molar-refractivity contribution is 5.42. The summed E-state index contributed by atoms with van der Waals surface area (Å²) in [5.74, 6) is 1.54. The van der Waals surface area contributed by atoms with Crippen LogP contribution in [-0.2, 0) is 17.0 Å². The Morgan fingerprint density at radius 1 is 0.650 bits per heavy atom. The molecule has 0 heterocycles. The number of benzene rings is 2. The maximum absolute atomic E-state index is 12.8. The van der Waals surface area contributed by atoms with E-state index < -0.39 is 17.2 Å². The Kier molecular flexibility index (Phi) is 16.8. The van der Waals surface area contributed by atoms with Crippen molar-refractivity contribution in [3.63, 3.8) is 0 Å². The van der Waals surface area contributed by atoms with Crippen molar-refractivity contribution in [2.75, 3.05) is 54.5 Å². The van der Waals surface area contributed by atoms with E-state index >= 15 is 0 Å². The molecule has 0 amide bonds. The monoisotopic (exact) mass is 570 g/mol. The maximum Gasteiger partial charge on any atom is 0.416 e. The van der Waals surface area contributed by atoms with Crippen LogP contribution in [-0.4, -0.2) is 64.3 Å². The van der Waals surface area contributed by atoms with Crippen LogP contribution in [0, 0.1) is 6.92 Å². The fourth-order valence-corrected chi connectivity index (χ4v) is 3.60. The molecule has 0 aromatic heterocycles. The molecule has 2 aromatic rings. The summed E-state index contributed by atoms with van der Waals surface area (Å²) < 4.78 is 49.9. The number of rotatable bonds is 9. The van der Waals surface area contributed by atoms with Crippen molar-refractivity contribution in [3.05, 3.63) is 58.7 Å². The molecule has 0 radical (unpaired) electrons. The Balaban J connectivity index is 0. The average molecular weight is 571 g/mol. The minimum atomic E-state index is -4.33. The lowest BCUT2D eigenvalue weighted by Gasteiger charge is -2.24. The van der Waals surface area contributed by atoms with Crippen LogP contribution in [0.1, 0.15) is 85.1 Å². The van der Waals surface area contributed by atoms with Gasteiger partial charge in [-0.25, -0.2) is 0 Å². The molecule has 0 fully saturated rings. The molecule has 0 unspecified atom stereocenters. The second-order valence-corrected chi connectivity index (χ2v) is 12.3. The van der Waals surface area contributed by atoms with Crippen LogP contribution in [0.15, 0.2) is 36.4 Å². The number of likely N-dealkylation sites (N-methyl/N-ethyl adjacent to an activating group) is 1. The standard InChI is InChI=1S/C16H27NO.C15H22F3NO.2CH4/c1-13-12-14(16(2,3)4)8-9-15(13)18-11-7-10-17(5)6;1-14(2,3)12-10-11(15(16,17)18)6-7-13(12)20-9-8-19(4)5;;/h8-9,12H,7,10-11H2,1-6H3;6-7,10H,8-9H2,1-5H3;2*1H4. The van der Waals surface area contributed by atoms with E-state index in [0.717, 1.165) is 31.4 Å². The van der Waals surface area contributed by atoms with Crippen LogP contribution in [0.25, 0.3) is 0 Å². The Bertz CT molecular complexity index is 989. The third-order valence-corrected chi connectivity index (χ3v) is 5.96. The van der Waals surface area contributed by atoms with Crippen LogP contribution in [0.3, 0.4) is 0 Å². The highest BCUT2D eigenvalue weighted by atomic mass is 19.4. The Morgan fingerprint density at radius 2 is 1.15 bits per heavy atom. The van der Waals surface area contributed by atoms with Gasteiger partial charge in [0.2, 0.25) is 0 Å². The summed E-state index contributed by atoms with van der Waals surface area (Å²) in [6.45, 7) is 17.5. The van der Waals surface area contributed by atoms with Gasteiger partial charge in [0.05, 0.1) is 12.2 Å². The number of alkyl halides is 3. The lowest BCUT2D eigenvalue weighted by atomic mass is 9.85. The number of hydrogen-bond donors (Lipinski definition) is 0. The number of aryl methyl sites for hydroxylation is 1. The molecule has 4 nitrogen and oxygen atoms in total. The Labute approximate surface area is 243 Å². The third kappa shape index (κ3) is 14.4. The molecule has 7 heteroatoms. The molecule has 0 bridgehead atoms. The van der Waals surface area contributed by atoms with Gasteiger partial charge in [-0.15, -0.1) is 0 Å². The van der Waals surface area contributed by atoms with Crippen molar-refractivity contribution in [2.24, 2.45) is 0 Å². The minimum absolute atomic E-state index is 0. The average Bonchev–Trinajstić information content (AvgIpc) is 2.75. The van der Waals surface area contributed by atoms with Gasteiger partial charge in [0.15, 0.2) is 0 Å². The predicted molar refractivity (Wildman–Crippen MR) is 166 cm³/mol. The molecule has 0 N–H and O–H groups in total. The first-order valence-electron chi connectivity index (χ1n) is 13.2. The van der Waals surface area contributed by atoms with E-state index in [0.29, 0.717) is 24.5 Å². The number of nitrogens with zero attached hydrogens (tertiary/aromatic N) is 2. The fraction of sp³-hybridized carbons (Fsp3) is 0.636. The van der Waals surface area contributed by atoms with Gasteiger partial charge < -0.3 is 19.3 Å². The third-order valence-electron chi connectivity index (χ3n) is 5.96. The van der Waals surface area contributed by atoms with Crippen LogP contribution in [0.5, 0.6) is 11.5 Å². The van der Waals surface area contributed by atoms with Gasteiger partial charge >= 0.3 is 6.18 Å². The van der Waals surface area contributed by atoms with Crippen molar-refractivity contribution in [3.8, 4) is 11.5 Å². The van der Waals surface area contributed by atoms with Gasteiger partial charge in [-0.2, -0.15) is 13.2 Å². The van der Waals surface area contributed by atoms with Gasteiger partial charge in [0.25, 0.3) is 0 Å². The molecule has 0 aliphatic carbocycles. The summed E-state index contributed by atoms with van der Waals surface area (Å²) in [5.41, 5.74) is 2.32. The van der Waals surface area contributed by atoms with Crippen molar-refractivity contribution in [1.82, 2.24) is 9.80 Å². The highest BCUT2D eigenvalue weighted by Gasteiger charge is 2.32. The first kappa shape index (κ1) is 39.9. The zero-order chi connectivity index (χ0) is 29.3. The second-order valence-electron chi connectivity index (χ2n) is 12.3. The Morgan fingerprint density at radius 3 is 1.60 bits per heavy atom. The molecule has 2 aromatic carbocycles. The first-order chi connectivity index (χ1) is 17.3. The minimum Gasteiger partial charge on any atom is -0.493 e. The maximum atomic E-state index is 12.8. The SMILES string of the molecule is C.C.CN(C)CCOc1ccc(C(F)(F)F)cc1C(C)(C)C.Cc1cc(C(C)(C)C)ccc1OCCCN(C)C. The zero-order valence-electron chi connectivity index (χ0n) is 25.3. The number of halogens is 3. The first-order valence-corrected chi connectivity index (χ1v) is 13.2. The number of ether oxygens (including phenoxy) is 2. The van der Waals surface area contributed by atoms with Crippen molar-refractivity contribution in [2.45, 2.75) is 86.7 Å². The molecule has 0 aliphatic heterocycles. The highest BCUT2D eigenvalue weighted by Crippen LogP contribution is 2.37. The van der Waals surface area contributed by atoms with Gasteiger partial charge in [-0.05, 0) is 87.8 Å². The molecule has 2 rings (SSSR count). The Hall–Kier alpha value is -2.25. The van der Waals surface area contributed by atoms with Gasteiger partial charge in [0, 0.05) is 18.7 Å². The van der Waals surface area contributed by atoms with E-state index in [1.807, 2.05) is 39.8 Å².